The van der Waals surface area contributed by atoms with Gasteiger partial charge in [-0.05, 0) is 44.7 Å². The van der Waals surface area contributed by atoms with Gasteiger partial charge in [0.1, 0.15) is 6.54 Å². The maximum absolute atomic E-state index is 12.2. The van der Waals surface area contributed by atoms with Gasteiger partial charge in [-0.25, -0.2) is 0 Å². The number of hydrogen-bond donors (Lipinski definition) is 0. The molecule has 1 aromatic heterocycles. The molecule has 1 aromatic rings. The van der Waals surface area contributed by atoms with Crippen molar-refractivity contribution in [2.24, 2.45) is 0 Å². The quantitative estimate of drug-likeness (QED) is 0.797. The summed E-state index contributed by atoms with van der Waals surface area (Å²) in [6, 6.07) is 3.72. The number of rotatable bonds is 2. The number of nitrogens with zero attached hydrogens (tertiary/aromatic N) is 2. The van der Waals surface area contributed by atoms with Gasteiger partial charge in [-0.1, -0.05) is 0 Å². The minimum absolute atomic E-state index is 0.0492. The van der Waals surface area contributed by atoms with Crippen LogP contribution in [-0.4, -0.2) is 28.0 Å². The Morgan fingerprint density at radius 3 is 2.89 bits per heavy atom. The van der Waals surface area contributed by atoms with Gasteiger partial charge in [0.2, 0.25) is 5.91 Å². The maximum atomic E-state index is 12.2. The van der Waals surface area contributed by atoms with E-state index in [4.69, 9.17) is 0 Å². The molecular formula is C14H20N2O2. The van der Waals surface area contributed by atoms with Gasteiger partial charge in [0.15, 0.2) is 0 Å². The fraction of sp³-hybridized carbons (Fsp3) is 0.571. The molecule has 0 radical (unpaired) electrons. The Bertz CT molecular complexity index is 493. The van der Waals surface area contributed by atoms with Gasteiger partial charge in [-0.15, -0.1) is 0 Å². The van der Waals surface area contributed by atoms with Crippen LogP contribution in [0.1, 0.15) is 31.7 Å². The predicted octanol–water partition coefficient (Wildman–Crippen LogP) is 1.56. The summed E-state index contributed by atoms with van der Waals surface area (Å²) >= 11 is 0. The van der Waals surface area contributed by atoms with Crippen molar-refractivity contribution in [3.8, 4) is 0 Å². The normalized spacial score (nSPS) is 19.9. The lowest BCUT2D eigenvalue weighted by molar-refractivity contribution is -0.135. The zero-order valence-electron chi connectivity index (χ0n) is 11.1. The number of carbonyl (C=O) groups excluding carboxylic acids is 1. The molecule has 0 unspecified atom stereocenters. The van der Waals surface area contributed by atoms with Crippen LogP contribution in [0.3, 0.4) is 0 Å². The van der Waals surface area contributed by atoms with E-state index in [9.17, 15) is 9.59 Å². The Hall–Kier alpha value is -1.58. The monoisotopic (exact) mass is 248 g/mol. The Morgan fingerprint density at radius 1 is 1.44 bits per heavy atom. The van der Waals surface area contributed by atoms with Gasteiger partial charge < -0.3 is 9.47 Å². The molecule has 4 nitrogen and oxygen atoms in total. The fourth-order valence-electron chi connectivity index (χ4n) is 2.44. The molecule has 2 heterocycles. The molecule has 0 spiro atoms. The summed E-state index contributed by atoms with van der Waals surface area (Å²) in [6.07, 6.45) is 5.02. The molecule has 1 amide bonds. The summed E-state index contributed by atoms with van der Waals surface area (Å²) in [5.74, 6) is 0.0492. The lowest BCUT2D eigenvalue weighted by atomic mass is 10.0. The average molecular weight is 248 g/mol. The van der Waals surface area contributed by atoms with Crippen LogP contribution >= 0.6 is 0 Å². The summed E-state index contributed by atoms with van der Waals surface area (Å²) < 4.78 is 1.48. The number of hydrogen-bond acceptors (Lipinski definition) is 2. The van der Waals surface area contributed by atoms with E-state index in [1.807, 2.05) is 17.9 Å². The van der Waals surface area contributed by atoms with Gasteiger partial charge in [0.05, 0.1) is 0 Å². The zero-order valence-corrected chi connectivity index (χ0v) is 11.1. The van der Waals surface area contributed by atoms with Crippen molar-refractivity contribution < 1.29 is 4.79 Å². The van der Waals surface area contributed by atoms with Gasteiger partial charge in [0, 0.05) is 24.8 Å². The molecule has 18 heavy (non-hydrogen) atoms. The minimum atomic E-state index is -0.104. The Labute approximate surface area is 107 Å². The Balaban J connectivity index is 2.08. The average Bonchev–Trinajstić information content (AvgIpc) is 2.33. The SMILES string of the molecule is Cc1ccn(CC(=O)N2CCCC[C@H]2C)c(=O)c1. The van der Waals surface area contributed by atoms with Gasteiger partial charge in [-0.3, -0.25) is 9.59 Å². The van der Waals surface area contributed by atoms with Crippen molar-refractivity contribution in [3.63, 3.8) is 0 Å². The molecule has 98 valence electrons. The second kappa shape index (κ2) is 5.38. The van der Waals surface area contributed by atoms with Crippen LogP contribution in [0, 0.1) is 6.92 Å². The number of likely N-dealkylation sites (tertiary alicyclic amines) is 1. The summed E-state index contributed by atoms with van der Waals surface area (Å²) in [6.45, 7) is 4.93. The van der Waals surface area contributed by atoms with Crippen LogP contribution in [0.5, 0.6) is 0 Å². The largest absolute Gasteiger partial charge is 0.338 e. The molecular weight excluding hydrogens is 228 g/mol. The fourth-order valence-corrected chi connectivity index (χ4v) is 2.44. The second-order valence-corrected chi connectivity index (χ2v) is 5.10. The van der Waals surface area contributed by atoms with Crippen LogP contribution < -0.4 is 5.56 Å². The van der Waals surface area contributed by atoms with Crippen molar-refractivity contribution in [2.75, 3.05) is 6.54 Å². The third-order valence-electron chi connectivity index (χ3n) is 3.58. The van der Waals surface area contributed by atoms with Gasteiger partial charge in [-0.2, -0.15) is 0 Å². The Kier molecular flexibility index (Phi) is 3.84. The molecule has 0 aliphatic carbocycles. The molecule has 0 bridgehead atoms. The molecule has 1 fully saturated rings. The highest BCUT2D eigenvalue weighted by Gasteiger charge is 2.23. The number of aromatic nitrogens is 1. The maximum Gasteiger partial charge on any atom is 0.251 e. The highest BCUT2D eigenvalue weighted by atomic mass is 16.2. The predicted molar refractivity (Wildman–Crippen MR) is 70.5 cm³/mol. The van der Waals surface area contributed by atoms with E-state index in [-0.39, 0.29) is 18.0 Å². The molecule has 1 atom stereocenters. The zero-order chi connectivity index (χ0) is 13.1. The summed E-state index contributed by atoms with van der Waals surface area (Å²) in [5, 5.41) is 0. The molecule has 0 saturated carbocycles. The number of carbonyl (C=O) groups is 1. The highest BCUT2D eigenvalue weighted by Crippen LogP contribution is 2.16. The molecule has 0 aromatic carbocycles. The van der Waals surface area contributed by atoms with E-state index in [0.717, 1.165) is 24.9 Å². The van der Waals surface area contributed by atoms with Crippen molar-refractivity contribution in [1.29, 1.82) is 0 Å². The van der Waals surface area contributed by atoms with Crippen LogP contribution in [0.15, 0.2) is 23.1 Å². The van der Waals surface area contributed by atoms with Crippen LogP contribution in [0.4, 0.5) is 0 Å². The van der Waals surface area contributed by atoms with E-state index >= 15 is 0 Å². The Morgan fingerprint density at radius 2 is 2.22 bits per heavy atom. The molecule has 2 rings (SSSR count). The number of pyridine rings is 1. The van der Waals surface area contributed by atoms with E-state index in [0.29, 0.717) is 6.04 Å². The first-order chi connectivity index (χ1) is 8.58. The van der Waals surface area contributed by atoms with Gasteiger partial charge in [0.25, 0.3) is 5.56 Å². The molecule has 1 aliphatic rings. The first kappa shape index (κ1) is 12.9. The number of piperidine rings is 1. The molecule has 1 aliphatic heterocycles. The number of amides is 1. The standard InChI is InChI=1S/C14H20N2O2/c1-11-6-8-15(13(17)9-11)10-14(18)16-7-4-3-5-12(16)2/h6,8-9,12H,3-5,7,10H2,1-2H3/t12-/m1/s1. The van der Waals surface area contributed by atoms with E-state index in [1.165, 1.54) is 11.0 Å². The minimum Gasteiger partial charge on any atom is -0.338 e. The van der Waals surface area contributed by atoms with E-state index in [1.54, 1.807) is 12.3 Å². The van der Waals surface area contributed by atoms with E-state index < -0.39 is 0 Å². The second-order valence-electron chi connectivity index (χ2n) is 5.10. The molecule has 0 N–H and O–H groups in total. The third kappa shape index (κ3) is 2.81. The summed E-state index contributed by atoms with van der Waals surface area (Å²) in [5.41, 5.74) is 0.822. The van der Waals surface area contributed by atoms with Crippen molar-refractivity contribution in [3.05, 3.63) is 34.2 Å². The van der Waals surface area contributed by atoms with Crippen molar-refractivity contribution in [1.82, 2.24) is 9.47 Å². The third-order valence-corrected chi connectivity index (χ3v) is 3.58. The number of aryl methyl sites for hydroxylation is 1. The van der Waals surface area contributed by atoms with Gasteiger partial charge >= 0.3 is 0 Å². The lowest BCUT2D eigenvalue weighted by Gasteiger charge is -2.33. The molecule has 1 saturated heterocycles. The summed E-state index contributed by atoms with van der Waals surface area (Å²) in [4.78, 5) is 25.8. The van der Waals surface area contributed by atoms with Crippen molar-refractivity contribution >= 4 is 5.91 Å². The molecule has 4 heteroatoms. The lowest BCUT2D eigenvalue weighted by Crippen LogP contribution is -2.44. The topological polar surface area (TPSA) is 42.3 Å². The van der Waals surface area contributed by atoms with Crippen LogP contribution in [-0.2, 0) is 11.3 Å². The first-order valence-corrected chi connectivity index (χ1v) is 6.54. The van der Waals surface area contributed by atoms with Crippen molar-refractivity contribution in [2.45, 2.75) is 45.7 Å². The highest BCUT2D eigenvalue weighted by molar-refractivity contribution is 5.76. The smallest absolute Gasteiger partial charge is 0.251 e. The summed E-state index contributed by atoms with van der Waals surface area (Å²) in [7, 11) is 0. The van der Waals surface area contributed by atoms with Crippen LogP contribution in [0.2, 0.25) is 0 Å². The first-order valence-electron chi connectivity index (χ1n) is 6.54. The van der Waals surface area contributed by atoms with E-state index in [2.05, 4.69) is 6.92 Å². The van der Waals surface area contributed by atoms with Crippen LogP contribution in [0.25, 0.3) is 0 Å².